The molecule has 2 N–H and O–H groups in total. The molecule has 0 saturated heterocycles. The Morgan fingerprint density at radius 1 is 1.20 bits per heavy atom. The van der Waals surface area contributed by atoms with E-state index < -0.39 is 0 Å². The van der Waals surface area contributed by atoms with Crippen LogP contribution in [0.4, 0.5) is 0 Å². The normalized spacial score (nSPS) is 32.8. The predicted octanol–water partition coefficient (Wildman–Crippen LogP) is 2.33. The zero-order valence-electron chi connectivity index (χ0n) is 15.0. The summed E-state index contributed by atoms with van der Waals surface area (Å²) < 4.78 is 0. The minimum absolute atomic E-state index is 0.0676. The van der Waals surface area contributed by atoms with Gasteiger partial charge in [-0.3, -0.25) is 9.59 Å². The summed E-state index contributed by atoms with van der Waals surface area (Å²) in [5.74, 6) is 2.21. The van der Waals surface area contributed by atoms with E-state index in [1.807, 2.05) is 0 Å². The van der Waals surface area contributed by atoms with Crippen LogP contribution in [0, 0.1) is 30.1 Å². The molecule has 4 bridgehead atoms. The van der Waals surface area contributed by atoms with Crippen molar-refractivity contribution < 1.29 is 9.90 Å². The van der Waals surface area contributed by atoms with Crippen LogP contribution in [0.1, 0.15) is 54.6 Å². The Morgan fingerprint density at radius 2 is 1.80 bits per heavy atom. The van der Waals surface area contributed by atoms with Gasteiger partial charge in [0.05, 0.1) is 6.61 Å². The lowest BCUT2D eigenvalue weighted by Crippen LogP contribution is -2.53. The molecule has 4 saturated carbocycles. The van der Waals surface area contributed by atoms with Crippen molar-refractivity contribution in [2.45, 2.75) is 45.4 Å². The Hall–Kier alpha value is -1.62. The largest absolute Gasteiger partial charge is 0.395 e. The molecule has 0 unspecified atom stereocenters. The number of carbonyl (C=O) groups excluding carboxylic acids is 1. The van der Waals surface area contributed by atoms with Gasteiger partial charge in [-0.1, -0.05) is 0 Å². The molecule has 4 fully saturated rings. The van der Waals surface area contributed by atoms with Gasteiger partial charge < -0.3 is 15.0 Å². The van der Waals surface area contributed by atoms with Crippen LogP contribution in [0.15, 0.2) is 16.9 Å². The van der Waals surface area contributed by atoms with Crippen molar-refractivity contribution in [1.29, 1.82) is 0 Å². The number of carbonyl (C=O) groups is 1. The number of hydrogen-bond donors (Lipinski definition) is 2. The molecular weight excluding hydrogens is 316 g/mol. The van der Waals surface area contributed by atoms with Gasteiger partial charge in [0.15, 0.2) is 0 Å². The maximum Gasteiger partial charge on any atom is 0.260 e. The number of hydrogen-bond acceptors (Lipinski definition) is 3. The minimum Gasteiger partial charge on any atom is -0.395 e. The highest BCUT2D eigenvalue weighted by molar-refractivity contribution is 5.93. The van der Waals surface area contributed by atoms with E-state index in [1.165, 1.54) is 38.5 Å². The summed E-state index contributed by atoms with van der Waals surface area (Å²) in [6, 6.07) is 3.37. The average Bonchev–Trinajstić information content (AvgIpc) is 2.52. The first-order chi connectivity index (χ1) is 12.0. The van der Waals surface area contributed by atoms with Crippen molar-refractivity contribution in [3.63, 3.8) is 0 Å². The van der Waals surface area contributed by atoms with Crippen LogP contribution < -0.4 is 5.56 Å². The molecule has 4 aliphatic carbocycles. The van der Waals surface area contributed by atoms with Crippen LogP contribution in [0.5, 0.6) is 0 Å². The van der Waals surface area contributed by atoms with E-state index in [2.05, 4.69) is 4.98 Å². The summed E-state index contributed by atoms with van der Waals surface area (Å²) in [4.78, 5) is 29.6. The van der Waals surface area contributed by atoms with E-state index in [4.69, 9.17) is 0 Å². The zero-order valence-corrected chi connectivity index (χ0v) is 15.0. The molecule has 0 radical (unpaired) electrons. The summed E-state index contributed by atoms with van der Waals surface area (Å²) >= 11 is 0. The van der Waals surface area contributed by atoms with Crippen LogP contribution in [0.3, 0.4) is 0 Å². The number of nitrogens with zero attached hydrogens (tertiary/aromatic N) is 1. The molecule has 0 aliphatic heterocycles. The molecule has 4 aliphatic rings. The first-order valence-electron chi connectivity index (χ1n) is 9.58. The molecule has 1 aromatic heterocycles. The van der Waals surface area contributed by atoms with Crippen LogP contribution in [0.25, 0.3) is 0 Å². The average molecular weight is 344 g/mol. The molecule has 5 rings (SSSR count). The topological polar surface area (TPSA) is 73.4 Å². The van der Waals surface area contributed by atoms with Crippen molar-refractivity contribution >= 4 is 5.91 Å². The smallest absolute Gasteiger partial charge is 0.260 e. The number of H-pyrrole nitrogens is 1. The number of amides is 1. The lowest BCUT2D eigenvalue weighted by Gasteiger charge is -2.57. The van der Waals surface area contributed by atoms with Gasteiger partial charge in [0.2, 0.25) is 0 Å². The zero-order chi connectivity index (χ0) is 17.6. The molecule has 136 valence electrons. The summed E-state index contributed by atoms with van der Waals surface area (Å²) in [7, 11) is 0. The van der Waals surface area contributed by atoms with Gasteiger partial charge in [0.25, 0.3) is 11.5 Å². The highest BCUT2D eigenvalue weighted by atomic mass is 16.3. The predicted molar refractivity (Wildman–Crippen MR) is 95.4 cm³/mol. The van der Waals surface area contributed by atoms with E-state index in [1.54, 1.807) is 24.0 Å². The number of aromatic amines is 1. The van der Waals surface area contributed by atoms with Gasteiger partial charge in [-0.15, -0.1) is 0 Å². The number of nitrogens with one attached hydrogen (secondary N) is 1. The first kappa shape index (κ1) is 16.8. The quantitative estimate of drug-likeness (QED) is 0.861. The van der Waals surface area contributed by atoms with E-state index in [-0.39, 0.29) is 29.1 Å². The molecule has 1 amide bonds. The third-order valence-electron chi connectivity index (χ3n) is 6.63. The van der Waals surface area contributed by atoms with Crippen LogP contribution in [-0.4, -0.2) is 40.6 Å². The number of rotatable bonds is 5. The van der Waals surface area contributed by atoms with E-state index in [0.717, 1.165) is 23.4 Å². The Morgan fingerprint density at radius 3 is 2.32 bits per heavy atom. The highest BCUT2D eigenvalue weighted by Gasteiger charge is 2.51. The molecule has 1 heterocycles. The summed E-state index contributed by atoms with van der Waals surface area (Å²) in [6.45, 7) is 2.72. The lowest BCUT2D eigenvalue weighted by molar-refractivity contribution is -0.0662. The second-order valence-electron chi connectivity index (χ2n) is 8.75. The molecule has 1 aromatic rings. The van der Waals surface area contributed by atoms with Crippen molar-refractivity contribution in [3.05, 3.63) is 33.7 Å². The fraction of sp³-hybridized carbons (Fsp3) is 0.700. The molecule has 0 atom stereocenters. The lowest BCUT2D eigenvalue weighted by atomic mass is 9.49. The SMILES string of the molecule is Cc1ccc(C(=O)N(CCO)CC23CC4CC(CC(C4)C2)C3)c(=O)[nH]1. The molecule has 5 heteroatoms. The third-order valence-corrected chi connectivity index (χ3v) is 6.63. The van der Waals surface area contributed by atoms with E-state index >= 15 is 0 Å². The Kier molecular flexibility index (Phi) is 4.22. The molecule has 25 heavy (non-hydrogen) atoms. The molecule has 0 aromatic carbocycles. The van der Waals surface area contributed by atoms with Gasteiger partial charge in [0.1, 0.15) is 5.56 Å². The molecular formula is C20H28N2O3. The number of aryl methyl sites for hydroxylation is 1. The van der Waals surface area contributed by atoms with Crippen molar-refractivity contribution in [2.24, 2.45) is 23.2 Å². The maximum atomic E-state index is 13.0. The fourth-order valence-electron chi connectivity index (χ4n) is 6.17. The van der Waals surface area contributed by atoms with Gasteiger partial charge in [-0.2, -0.15) is 0 Å². The third kappa shape index (κ3) is 3.14. The van der Waals surface area contributed by atoms with Gasteiger partial charge in [-0.05, 0) is 80.8 Å². The second kappa shape index (κ2) is 6.27. The second-order valence-corrected chi connectivity index (χ2v) is 8.75. The van der Waals surface area contributed by atoms with Crippen molar-refractivity contribution in [2.75, 3.05) is 19.7 Å². The number of pyridine rings is 1. The van der Waals surface area contributed by atoms with Crippen LogP contribution >= 0.6 is 0 Å². The standard InChI is InChI=1S/C20H28N2O3/c1-13-2-3-17(18(24)21-13)19(25)22(4-5-23)12-20-9-14-6-15(10-20)8-16(7-14)11-20/h2-3,14-16,23H,4-12H2,1H3,(H,21,24). The van der Waals surface area contributed by atoms with Crippen molar-refractivity contribution in [1.82, 2.24) is 9.88 Å². The number of aliphatic hydroxyl groups excluding tert-OH is 1. The summed E-state index contributed by atoms with van der Waals surface area (Å²) in [6.07, 6.45) is 7.72. The summed E-state index contributed by atoms with van der Waals surface area (Å²) in [5, 5.41) is 9.48. The van der Waals surface area contributed by atoms with Gasteiger partial charge in [-0.25, -0.2) is 0 Å². The van der Waals surface area contributed by atoms with Gasteiger partial charge >= 0.3 is 0 Å². The Labute approximate surface area is 148 Å². The summed E-state index contributed by atoms with van der Waals surface area (Å²) in [5.41, 5.74) is 0.801. The van der Waals surface area contributed by atoms with Crippen molar-refractivity contribution in [3.8, 4) is 0 Å². The highest BCUT2D eigenvalue weighted by Crippen LogP contribution is 2.60. The molecule has 0 spiro atoms. The van der Waals surface area contributed by atoms with Crippen LogP contribution in [0.2, 0.25) is 0 Å². The minimum atomic E-state index is -0.335. The first-order valence-corrected chi connectivity index (χ1v) is 9.58. The number of aliphatic hydroxyl groups is 1. The Balaban J connectivity index is 1.57. The van der Waals surface area contributed by atoms with E-state index in [0.29, 0.717) is 13.1 Å². The maximum absolute atomic E-state index is 13.0. The van der Waals surface area contributed by atoms with Crippen LogP contribution in [-0.2, 0) is 0 Å². The molecule has 5 nitrogen and oxygen atoms in total. The van der Waals surface area contributed by atoms with Gasteiger partial charge in [0, 0.05) is 18.8 Å². The monoisotopic (exact) mass is 344 g/mol. The Bertz CT molecular complexity index is 689. The number of aromatic nitrogens is 1. The fourth-order valence-corrected chi connectivity index (χ4v) is 6.17. The van der Waals surface area contributed by atoms with E-state index in [9.17, 15) is 14.7 Å².